The van der Waals surface area contributed by atoms with Crippen molar-refractivity contribution in [2.24, 2.45) is 0 Å². The highest BCUT2D eigenvalue weighted by Crippen LogP contribution is 2.36. The molecule has 1 atom stereocenters. The molecule has 5 heteroatoms. The van der Waals surface area contributed by atoms with Gasteiger partial charge < -0.3 is 9.47 Å². The van der Waals surface area contributed by atoms with Crippen molar-refractivity contribution >= 4 is 15.9 Å². The highest BCUT2D eigenvalue weighted by molar-refractivity contribution is 9.11. The lowest BCUT2D eigenvalue weighted by atomic mass is 10.1. The lowest BCUT2D eigenvalue weighted by Gasteiger charge is -2.07. The zero-order valence-corrected chi connectivity index (χ0v) is 9.28. The van der Waals surface area contributed by atoms with Crippen molar-refractivity contribution in [1.82, 2.24) is 5.48 Å². The van der Waals surface area contributed by atoms with Crippen LogP contribution in [0, 0.1) is 0 Å². The maximum absolute atomic E-state index is 5.33. The Kier molecular flexibility index (Phi) is 2.07. The molecule has 0 spiro atoms. The van der Waals surface area contributed by atoms with Crippen LogP contribution in [0.2, 0.25) is 0 Å². The number of hydroxylamine groups is 1. The summed E-state index contributed by atoms with van der Waals surface area (Å²) in [5.74, 6) is 1.56. The fourth-order valence-electron chi connectivity index (χ4n) is 1.58. The largest absolute Gasteiger partial charge is 0.454 e. The van der Waals surface area contributed by atoms with Crippen LogP contribution >= 0.6 is 15.9 Å². The zero-order chi connectivity index (χ0) is 10.3. The van der Waals surface area contributed by atoms with Gasteiger partial charge in [0.05, 0.1) is 0 Å². The summed E-state index contributed by atoms with van der Waals surface area (Å²) in [7, 11) is 0. The summed E-state index contributed by atoms with van der Waals surface area (Å²) >= 11 is 3.31. The fraction of sp³-hybridized carbons (Fsp3) is 0.200. The molecule has 0 amide bonds. The molecule has 0 unspecified atom stereocenters. The number of fused-ring (bicyclic) bond motifs is 1. The van der Waals surface area contributed by atoms with Crippen LogP contribution in [-0.2, 0) is 4.84 Å². The smallest absolute Gasteiger partial charge is 0.231 e. The zero-order valence-electron chi connectivity index (χ0n) is 7.70. The molecule has 0 fully saturated rings. The Morgan fingerprint density at radius 1 is 1.27 bits per heavy atom. The quantitative estimate of drug-likeness (QED) is 0.794. The van der Waals surface area contributed by atoms with Crippen LogP contribution in [0.4, 0.5) is 0 Å². The van der Waals surface area contributed by atoms with E-state index in [4.69, 9.17) is 14.3 Å². The van der Waals surface area contributed by atoms with Crippen molar-refractivity contribution in [3.8, 4) is 11.5 Å². The topological polar surface area (TPSA) is 39.7 Å². The van der Waals surface area contributed by atoms with Crippen LogP contribution in [0.25, 0.3) is 0 Å². The second-order valence-corrected chi connectivity index (χ2v) is 4.12. The molecule has 0 bridgehead atoms. The molecule has 3 rings (SSSR count). The summed E-state index contributed by atoms with van der Waals surface area (Å²) < 4.78 is 11.4. The first-order chi connectivity index (χ1) is 7.33. The van der Waals surface area contributed by atoms with Crippen LogP contribution in [0.5, 0.6) is 11.5 Å². The molecular weight excluding hydrogens is 262 g/mol. The number of benzene rings is 1. The van der Waals surface area contributed by atoms with Gasteiger partial charge in [-0.2, -0.15) is 0 Å². The van der Waals surface area contributed by atoms with Gasteiger partial charge in [-0.25, -0.2) is 0 Å². The average molecular weight is 270 g/mol. The van der Waals surface area contributed by atoms with E-state index in [2.05, 4.69) is 21.4 Å². The number of ether oxygens (including phenoxy) is 2. The van der Waals surface area contributed by atoms with Gasteiger partial charge in [0.2, 0.25) is 6.79 Å². The van der Waals surface area contributed by atoms with Gasteiger partial charge in [-0.15, -0.1) is 0 Å². The van der Waals surface area contributed by atoms with E-state index in [1.165, 1.54) is 0 Å². The lowest BCUT2D eigenvalue weighted by Crippen LogP contribution is -2.05. The Balaban J connectivity index is 1.93. The Morgan fingerprint density at radius 3 is 2.93 bits per heavy atom. The van der Waals surface area contributed by atoms with Crippen molar-refractivity contribution < 1.29 is 14.3 Å². The summed E-state index contributed by atoms with van der Waals surface area (Å²) in [4.78, 5) is 5.33. The van der Waals surface area contributed by atoms with Crippen LogP contribution < -0.4 is 15.0 Å². The molecule has 2 aliphatic rings. The van der Waals surface area contributed by atoms with Gasteiger partial charge in [-0.05, 0) is 39.7 Å². The molecule has 0 radical (unpaired) electrons. The molecule has 78 valence electrons. The van der Waals surface area contributed by atoms with E-state index in [0.717, 1.165) is 21.7 Å². The van der Waals surface area contributed by atoms with Crippen molar-refractivity contribution in [2.45, 2.75) is 6.10 Å². The summed E-state index contributed by atoms with van der Waals surface area (Å²) in [6.07, 6.45) is 1.85. The molecule has 4 nitrogen and oxygen atoms in total. The number of hydrogen-bond acceptors (Lipinski definition) is 4. The van der Waals surface area contributed by atoms with Crippen molar-refractivity contribution in [3.05, 3.63) is 34.4 Å². The van der Waals surface area contributed by atoms with Gasteiger partial charge in [-0.3, -0.25) is 10.3 Å². The highest BCUT2D eigenvalue weighted by atomic mass is 79.9. The minimum absolute atomic E-state index is 0.0890. The normalized spacial score (nSPS) is 22.5. The monoisotopic (exact) mass is 269 g/mol. The summed E-state index contributed by atoms with van der Waals surface area (Å²) in [6.45, 7) is 0.294. The van der Waals surface area contributed by atoms with Gasteiger partial charge in [0, 0.05) is 0 Å². The first-order valence-electron chi connectivity index (χ1n) is 4.51. The van der Waals surface area contributed by atoms with E-state index < -0.39 is 0 Å². The average Bonchev–Trinajstić information content (AvgIpc) is 2.84. The number of rotatable bonds is 1. The Bertz CT molecular complexity index is 433. The van der Waals surface area contributed by atoms with E-state index in [1.807, 2.05) is 24.3 Å². The maximum atomic E-state index is 5.33. The molecule has 2 heterocycles. The van der Waals surface area contributed by atoms with E-state index in [1.54, 1.807) is 0 Å². The van der Waals surface area contributed by atoms with Crippen molar-refractivity contribution in [2.75, 3.05) is 6.79 Å². The van der Waals surface area contributed by atoms with Crippen molar-refractivity contribution in [1.29, 1.82) is 0 Å². The van der Waals surface area contributed by atoms with E-state index in [0.29, 0.717) is 6.79 Å². The molecule has 1 N–H and O–H groups in total. The first kappa shape index (κ1) is 9.06. The maximum Gasteiger partial charge on any atom is 0.231 e. The summed E-state index contributed by atoms with van der Waals surface area (Å²) in [5, 5.41) is 0. The predicted octanol–water partition coefficient (Wildman–Crippen LogP) is 2.23. The fourth-order valence-corrected chi connectivity index (χ4v) is 1.91. The number of nitrogens with one attached hydrogen (secondary N) is 1. The van der Waals surface area contributed by atoms with Gasteiger partial charge in [0.25, 0.3) is 0 Å². The van der Waals surface area contributed by atoms with Crippen LogP contribution in [0.1, 0.15) is 11.7 Å². The highest BCUT2D eigenvalue weighted by Gasteiger charge is 2.20. The van der Waals surface area contributed by atoms with Gasteiger partial charge >= 0.3 is 0 Å². The summed E-state index contributed by atoms with van der Waals surface area (Å²) in [6, 6.07) is 5.78. The molecule has 1 aromatic carbocycles. The van der Waals surface area contributed by atoms with Gasteiger partial charge in [-0.1, -0.05) is 6.07 Å². The third kappa shape index (κ3) is 1.57. The molecule has 0 saturated carbocycles. The molecule has 0 aromatic heterocycles. The predicted molar refractivity (Wildman–Crippen MR) is 56.5 cm³/mol. The third-order valence-electron chi connectivity index (χ3n) is 2.31. The Labute approximate surface area is 94.9 Å². The third-order valence-corrected chi connectivity index (χ3v) is 2.73. The van der Waals surface area contributed by atoms with Crippen molar-refractivity contribution in [3.63, 3.8) is 0 Å². The minimum Gasteiger partial charge on any atom is -0.454 e. The van der Waals surface area contributed by atoms with E-state index >= 15 is 0 Å². The Morgan fingerprint density at radius 2 is 2.13 bits per heavy atom. The molecule has 0 saturated heterocycles. The standard InChI is InChI=1S/C10H8BrNO3/c11-10-4-8(15-12-10)6-1-2-7-9(3-6)14-5-13-7/h1-4,8,12H,5H2/t8-/m0/s1. The van der Waals surface area contributed by atoms with Gasteiger partial charge in [0.1, 0.15) is 10.7 Å². The van der Waals surface area contributed by atoms with E-state index in [-0.39, 0.29) is 6.10 Å². The second kappa shape index (κ2) is 3.43. The lowest BCUT2D eigenvalue weighted by molar-refractivity contribution is 0.0457. The van der Waals surface area contributed by atoms with E-state index in [9.17, 15) is 0 Å². The minimum atomic E-state index is -0.0890. The van der Waals surface area contributed by atoms with Crippen LogP contribution in [0.15, 0.2) is 28.9 Å². The SMILES string of the molecule is BrC1=C[C@@H](c2ccc3c(c2)OCO3)ON1. The molecule has 0 aliphatic carbocycles. The number of halogens is 1. The molecule has 1 aromatic rings. The van der Waals surface area contributed by atoms with Crippen LogP contribution in [0.3, 0.4) is 0 Å². The van der Waals surface area contributed by atoms with Gasteiger partial charge in [0.15, 0.2) is 11.5 Å². The Hall–Kier alpha value is -1.20. The number of hydrogen-bond donors (Lipinski definition) is 1. The molecule has 2 aliphatic heterocycles. The van der Waals surface area contributed by atoms with Crippen LogP contribution in [-0.4, -0.2) is 6.79 Å². The molecular formula is C10H8BrNO3. The summed E-state index contributed by atoms with van der Waals surface area (Å²) in [5.41, 5.74) is 3.77. The second-order valence-electron chi connectivity index (χ2n) is 3.27. The first-order valence-corrected chi connectivity index (χ1v) is 5.31. The molecule has 15 heavy (non-hydrogen) atoms.